The second kappa shape index (κ2) is 8.91. The number of benzene rings is 1. The van der Waals surface area contributed by atoms with Crippen molar-refractivity contribution in [3.8, 4) is 5.75 Å². The van der Waals surface area contributed by atoms with E-state index in [9.17, 15) is 0 Å². The third-order valence-corrected chi connectivity index (χ3v) is 4.19. The molecule has 1 aromatic rings. The van der Waals surface area contributed by atoms with E-state index in [1.54, 1.807) is 0 Å². The maximum absolute atomic E-state index is 6.21. The molecule has 0 fully saturated rings. The summed E-state index contributed by atoms with van der Waals surface area (Å²) in [6.07, 6.45) is 0. The zero-order chi connectivity index (χ0) is 15.1. The lowest BCUT2D eigenvalue weighted by molar-refractivity contribution is 0.222. The molecule has 4 heteroatoms. The number of hydrogen-bond acceptors (Lipinski definition) is 2. The molecule has 0 unspecified atom stereocenters. The minimum Gasteiger partial charge on any atom is -0.492 e. The zero-order valence-electron chi connectivity index (χ0n) is 12.9. The summed E-state index contributed by atoms with van der Waals surface area (Å²) in [5, 5.41) is 1.81. The Morgan fingerprint density at radius 1 is 1.30 bits per heavy atom. The van der Waals surface area contributed by atoms with Crippen LogP contribution in [0.15, 0.2) is 12.1 Å². The molecule has 0 N–H and O–H groups in total. The molecule has 0 radical (unpaired) electrons. The molecule has 1 rings (SSSR count). The largest absolute Gasteiger partial charge is 0.492 e. The van der Waals surface area contributed by atoms with Crippen molar-refractivity contribution >= 4 is 27.5 Å². The summed E-state index contributed by atoms with van der Waals surface area (Å²) >= 11 is 9.69. The van der Waals surface area contributed by atoms with Gasteiger partial charge in [0.2, 0.25) is 0 Å². The van der Waals surface area contributed by atoms with E-state index in [4.69, 9.17) is 16.3 Å². The number of alkyl halides is 1. The van der Waals surface area contributed by atoms with Crippen LogP contribution in [0, 0.1) is 6.92 Å². The molecule has 20 heavy (non-hydrogen) atoms. The minimum absolute atomic E-state index is 0.410. The molecule has 0 aliphatic heterocycles. The van der Waals surface area contributed by atoms with Crippen molar-refractivity contribution in [1.82, 2.24) is 4.90 Å². The predicted octanol–water partition coefficient (Wildman–Crippen LogP) is 4.87. The van der Waals surface area contributed by atoms with Crippen LogP contribution < -0.4 is 4.74 Å². The summed E-state index contributed by atoms with van der Waals surface area (Å²) in [5.41, 5.74) is 2.25. The van der Waals surface area contributed by atoms with Crippen LogP contribution in [-0.4, -0.2) is 36.5 Å². The second-order valence-electron chi connectivity index (χ2n) is 5.27. The number of ether oxygens (including phenoxy) is 1. The molecule has 114 valence electrons. The predicted molar refractivity (Wildman–Crippen MR) is 91.7 cm³/mol. The molecule has 0 atom stereocenters. The summed E-state index contributed by atoms with van der Waals surface area (Å²) in [7, 11) is 0. The van der Waals surface area contributed by atoms with E-state index < -0.39 is 0 Å². The van der Waals surface area contributed by atoms with Crippen LogP contribution in [0.2, 0.25) is 5.02 Å². The molecule has 0 amide bonds. The Kier molecular flexibility index (Phi) is 7.93. The first-order valence-corrected chi connectivity index (χ1v) is 8.70. The molecule has 0 aliphatic carbocycles. The first-order valence-electron chi connectivity index (χ1n) is 7.20. The fourth-order valence-corrected chi connectivity index (χ4v) is 2.75. The van der Waals surface area contributed by atoms with Gasteiger partial charge in [-0.2, -0.15) is 0 Å². The van der Waals surface area contributed by atoms with E-state index in [1.807, 2.05) is 13.0 Å². The Morgan fingerprint density at radius 2 is 2.00 bits per heavy atom. The number of hydrogen-bond donors (Lipinski definition) is 0. The molecule has 0 aliphatic rings. The monoisotopic (exact) mass is 361 g/mol. The molecule has 0 aromatic heterocycles. The first-order chi connectivity index (χ1) is 9.49. The van der Waals surface area contributed by atoms with E-state index >= 15 is 0 Å². The van der Waals surface area contributed by atoms with Crippen molar-refractivity contribution in [2.75, 3.05) is 31.6 Å². The lowest BCUT2D eigenvalue weighted by Crippen LogP contribution is -2.30. The van der Waals surface area contributed by atoms with Crippen LogP contribution in [0.25, 0.3) is 0 Å². The normalized spacial score (nSPS) is 11.4. The first kappa shape index (κ1) is 17.8. The molecular weight excluding hydrogens is 338 g/mol. The highest BCUT2D eigenvalue weighted by atomic mass is 79.9. The van der Waals surface area contributed by atoms with E-state index in [-0.39, 0.29) is 0 Å². The quantitative estimate of drug-likeness (QED) is 0.612. The van der Waals surface area contributed by atoms with Crippen LogP contribution in [0.1, 0.15) is 37.8 Å². The molecule has 1 aromatic carbocycles. The van der Waals surface area contributed by atoms with Crippen LogP contribution in [0.5, 0.6) is 5.75 Å². The smallest absolute Gasteiger partial charge is 0.123 e. The van der Waals surface area contributed by atoms with E-state index in [1.165, 1.54) is 5.56 Å². The van der Waals surface area contributed by atoms with Gasteiger partial charge in [0.05, 0.1) is 0 Å². The van der Waals surface area contributed by atoms with Gasteiger partial charge in [0.15, 0.2) is 0 Å². The van der Waals surface area contributed by atoms with Crippen molar-refractivity contribution in [2.45, 2.75) is 33.6 Å². The Hall–Kier alpha value is -0.250. The lowest BCUT2D eigenvalue weighted by atomic mass is 10.0. The van der Waals surface area contributed by atoms with Crippen molar-refractivity contribution in [3.63, 3.8) is 0 Å². The minimum atomic E-state index is 0.410. The van der Waals surface area contributed by atoms with E-state index in [2.05, 4.69) is 47.7 Å². The number of likely N-dealkylation sites (N-methyl/N-ethyl adjacent to an activating group) is 1. The zero-order valence-corrected chi connectivity index (χ0v) is 15.2. The number of nitrogens with zero attached hydrogens (tertiary/aromatic N) is 1. The van der Waals surface area contributed by atoms with Gasteiger partial charge in [-0.1, -0.05) is 48.3 Å². The van der Waals surface area contributed by atoms with Gasteiger partial charge in [0.25, 0.3) is 0 Å². The van der Waals surface area contributed by atoms with E-state index in [0.29, 0.717) is 12.5 Å². The summed E-state index contributed by atoms with van der Waals surface area (Å²) in [4.78, 5) is 2.37. The molecular formula is C16H25BrClNO. The van der Waals surface area contributed by atoms with Gasteiger partial charge in [-0.3, -0.25) is 4.90 Å². The Balaban J connectivity index is 2.69. The van der Waals surface area contributed by atoms with Crippen molar-refractivity contribution < 1.29 is 4.74 Å². The Labute approximate surface area is 136 Å². The highest BCUT2D eigenvalue weighted by Crippen LogP contribution is 2.31. The highest BCUT2D eigenvalue weighted by molar-refractivity contribution is 9.09. The number of aryl methyl sites for hydroxylation is 1. The highest BCUT2D eigenvalue weighted by Gasteiger charge is 2.11. The van der Waals surface area contributed by atoms with Gasteiger partial charge >= 0.3 is 0 Å². The second-order valence-corrected chi connectivity index (χ2v) is 6.47. The molecule has 0 spiro atoms. The molecule has 2 nitrogen and oxygen atoms in total. The average Bonchev–Trinajstić information content (AvgIpc) is 2.41. The van der Waals surface area contributed by atoms with Gasteiger partial charge in [0, 0.05) is 23.4 Å². The average molecular weight is 363 g/mol. The van der Waals surface area contributed by atoms with Gasteiger partial charge in [-0.25, -0.2) is 0 Å². The van der Waals surface area contributed by atoms with Crippen molar-refractivity contribution in [1.29, 1.82) is 0 Å². The maximum Gasteiger partial charge on any atom is 0.123 e. The van der Waals surface area contributed by atoms with Gasteiger partial charge < -0.3 is 4.74 Å². The van der Waals surface area contributed by atoms with Crippen LogP contribution >= 0.6 is 27.5 Å². The lowest BCUT2D eigenvalue weighted by Gasteiger charge is -2.21. The fourth-order valence-electron chi connectivity index (χ4n) is 2.08. The summed E-state index contributed by atoms with van der Waals surface area (Å²) < 4.78 is 6.00. The van der Waals surface area contributed by atoms with Crippen molar-refractivity contribution in [3.05, 3.63) is 28.3 Å². The Bertz CT molecular complexity index is 423. The third kappa shape index (κ3) is 5.27. The Morgan fingerprint density at radius 3 is 2.55 bits per heavy atom. The van der Waals surface area contributed by atoms with Crippen molar-refractivity contribution in [2.24, 2.45) is 0 Å². The van der Waals surface area contributed by atoms with Gasteiger partial charge in [-0.15, -0.1) is 0 Å². The van der Waals surface area contributed by atoms with Crippen LogP contribution in [-0.2, 0) is 0 Å². The summed E-state index contributed by atoms with van der Waals surface area (Å²) in [6, 6.07) is 4.09. The SMILES string of the molecule is CCN(CCBr)CCOc1cc(C)c(Cl)cc1C(C)C. The van der Waals surface area contributed by atoms with Crippen LogP contribution in [0.4, 0.5) is 0 Å². The molecule has 0 saturated carbocycles. The standard InChI is InChI=1S/C16H25BrClNO/c1-5-19(7-6-17)8-9-20-16-10-13(4)15(18)11-14(16)12(2)3/h10-12H,5-9H2,1-4H3. The summed E-state index contributed by atoms with van der Waals surface area (Å²) in [6.45, 7) is 12.3. The molecule has 0 bridgehead atoms. The number of halogens is 2. The number of rotatable bonds is 8. The third-order valence-electron chi connectivity index (χ3n) is 3.43. The molecule has 0 heterocycles. The maximum atomic E-state index is 6.21. The van der Waals surface area contributed by atoms with E-state index in [0.717, 1.165) is 41.3 Å². The topological polar surface area (TPSA) is 12.5 Å². The summed E-state index contributed by atoms with van der Waals surface area (Å²) in [5.74, 6) is 1.38. The fraction of sp³-hybridized carbons (Fsp3) is 0.625. The van der Waals surface area contributed by atoms with Crippen LogP contribution in [0.3, 0.4) is 0 Å². The molecule has 0 saturated heterocycles. The van der Waals surface area contributed by atoms with Gasteiger partial charge in [-0.05, 0) is 42.6 Å². The van der Waals surface area contributed by atoms with Gasteiger partial charge in [0.1, 0.15) is 12.4 Å².